The Balaban J connectivity index is 2.83. The maximum absolute atomic E-state index is 11.2. The number of hydrogen-bond donors (Lipinski definition) is 0. The van der Waals surface area contributed by atoms with Gasteiger partial charge in [-0.25, -0.2) is 0 Å². The number of pyridine rings is 1. The lowest BCUT2D eigenvalue weighted by Gasteiger charge is -1.96. The number of carbonyl (C=O) groups excluding carboxylic acids is 1. The van der Waals surface area contributed by atoms with Crippen LogP contribution in [0.15, 0.2) is 30.6 Å². The van der Waals surface area contributed by atoms with Crippen LogP contribution in [0.3, 0.4) is 0 Å². The van der Waals surface area contributed by atoms with E-state index in [1.165, 1.54) is 0 Å². The molecule has 2 heterocycles. The summed E-state index contributed by atoms with van der Waals surface area (Å²) in [5.74, 6) is 0.0428. The molecule has 13 heavy (non-hydrogen) atoms. The molecule has 0 spiro atoms. The number of aryl methyl sites for hydroxylation is 1. The molecular weight excluding hydrogens is 164 g/mol. The van der Waals surface area contributed by atoms with Crippen LogP contribution >= 0.6 is 0 Å². The predicted molar refractivity (Wildman–Crippen MR) is 49.4 cm³/mol. The maximum atomic E-state index is 11.2. The molecule has 0 fully saturated rings. The molecule has 0 N–H and O–H groups in total. The summed E-state index contributed by atoms with van der Waals surface area (Å²) < 4.78 is 3.64. The number of nitrogens with zero attached hydrogens (tertiary/aromatic N) is 2. The number of hydrogen-bond acceptors (Lipinski definition) is 1. The van der Waals surface area contributed by atoms with E-state index in [4.69, 9.17) is 0 Å². The Bertz CT molecular complexity index is 471. The van der Waals surface area contributed by atoms with Gasteiger partial charge in [0.1, 0.15) is 12.6 Å². The summed E-state index contributed by atoms with van der Waals surface area (Å²) in [6, 6.07) is 5.81. The normalized spacial score (nSPS) is 10.6. The number of fused-ring (bicyclic) bond motifs is 1. The summed E-state index contributed by atoms with van der Waals surface area (Å²) in [5, 5.41) is 0. The Morgan fingerprint density at radius 3 is 2.92 bits per heavy atom. The van der Waals surface area contributed by atoms with Gasteiger partial charge in [0, 0.05) is 25.3 Å². The van der Waals surface area contributed by atoms with E-state index >= 15 is 0 Å². The molecule has 0 bridgehead atoms. The van der Waals surface area contributed by atoms with Crippen molar-refractivity contribution in [1.82, 2.24) is 4.57 Å². The number of rotatable bonds is 0. The zero-order valence-corrected chi connectivity index (χ0v) is 7.69. The van der Waals surface area contributed by atoms with E-state index in [0.29, 0.717) is 0 Å². The van der Waals surface area contributed by atoms with Gasteiger partial charge in [-0.2, -0.15) is 4.57 Å². The summed E-state index contributed by atoms with van der Waals surface area (Å²) in [6.07, 6.45) is 3.76. The minimum Gasteiger partial charge on any atom is -0.282 e. The lowest BCUT2D eigenvalue weighted by molar-refractivity contribution is -0.644. The predicted octanol–water partition coefficient (Wildman–Crippen LogP) is 1.13. The number of aromatic nitrogens is 2. The van der Waals surface area contributed by atoms with Crippen LogP contribution in [0.1, 0.15) is 11.7 Å². The largest absolute Gasteiger partial charge is 0.282 e. The van der Waals surface area contributed by atoms with Gasteiger partial charge in [-0.05, 0) is 6.07 Å². The molecule has 2 aromatic rings. The zero-order valence-electron chi connectivity index (χ0n) is 7.69. The molecule has 0 aliphatic heterocycles. The highest BCUT2D eigenvalue weighted by Crippen LogP contribution is 2.10. The van der Waals surface area contributed by atoms with Gasteiger partial charge in [0.05, 0.1) is 0 Å². The van der Waals surface area contributed by atoms with Crippen molar-refractivity contribution in [3.8, 4) is 0 Å². The molecule has 0 aliphatic rings. The lowest BCUT2D eigenvalue weighted by Crippen LogP contribution is -2.27. The third-order valence-corrected chi connectivity index (χ3v) is 2.19. The molecule has 0 unspecified atom stereocenters. The molecular formula is C10H11N2O+. The Morgan fingerprint density at radius 2 is 2.23 bits per heavy atom. The first-order chi connectivity index (χ1) is 6.20. The zero-order chi connectivity index (χ0) is 9.42. The van der Waals surface area contributed by atoms with Crippen LogP contribution in [-0.2, 0) is 7.05 Å². The lowest BCUT2D eigenvalue weighted by atomic mass is 10.4. The molecule has 0 saturated heterocycles. The van der Waals surface area contributed by atoms with Crippen molar-refractivity contribution in [2.24, 2.45) is 7.05 Å². The van der Waals surface area contributed by atoms with E-state index < -0.39 is 0 Å². The molecule has 3 heteroatoms. The second kappa shape index (κ2) is 2.69. The highest BCUT2D eigenvalue weighted by molar-refractivity contribution is 5.88. The van der Waals surface area contributed by atoms with Crippen LogP contribution in [0.4, 0.5) is 0 Å². The van der Waals surface area contributed by atoms with Gasteiger partial charge in [0.25, 0.3) is 0 Å². The van der Waals surface area contributed by atoms with E-state index in [-0.39, 0.29) is 5.91 Å². The third-order valence-electron chi connectivity index (χ3n) is 2.19. The van der Waals surface area contributed by atoms with Crippen molar-refractivity contribution >= 4 is 16.9 Å². The van der Waals surface area contributed by atoms with Gasteiger partial charge < -0.3 is 0 Å². The molecule has 2 rings (SSSR count). The molecule has 3 nitrogen and oxygen atoms in total. The Morgan fingerprint density at radius 1 is 1.46 bits per heavy atom. The van der Waals surface area contributed by atoms with Crippen molar-refractivity contribution in [3.05, 3.63) is 30.6 Å². The van der Waals surface area contributed by atoms with E-state index in [2.05, 4.69) is 0 Å². The molecule has 0 aliphatic carbocycles. The molecule has 0 radical (unpaired) electrons. The first-order valence-electron chi connectivity index (χ1n) is 4.17. The minimum absolute atomic E-state index is 0.0428. The first kappa shape index (κ1) is 7.98. The molecule has 0 atom stereocenters. The average Bonchev–Trinajstić information content (AvgIpc) is 2.48. The van der Waals surface area contributed by atoms with Crippen LogP contribution in [0.25, 0.3) is 11.0 Å². The van der Waals surface area contributed by atoms with Gasteiger partial charge in [0.15, 0.2) is 6.20 Å². The third kappa shape index (κ3) is 1.13. The summed E-state index contributed by atoms with van der Waals surface area (Å²) in [4.78, 5) is 11.2. The van der Waals surface area contributed by atoms with Crippen molar-refractivity contribution in [2.45, 2.75) is 6.92 Å². The fourth-order valence-corrected chi connectivity index (χ4v) is 1.52. The molecule has 0 saturated carbocycles. The quantitative estimate of drug-likeness (QED) is 0.551. The molecule has 0 amide bonds. The highest BCUT2D eigenvalue weighted by atomic mass is 16.1. The van der Waals surface area contributed by atoms with Crippen LogP contribution in [0, 0.1) is 0 Å². The summed E-state index contributed by atoms with van der Waals surface area (Å²) >= 11 is 0. The van der Waals surface area contributed by atoms with Gasteiger partial charge in [-0.1, -0.05) is 0 Å². The SMILES string of the molecule is CC(=O)n1ccc2c1ccc[n+]2C. The molecule has 2 aromatic heterocycles. The van der Waals surface area contributed by atoms with E-state index in [0.717, 1.165) is 11.0 Å². The van der Waals surface area contributed by atoms with Crippen molar-refractivity contribution in [3.63, 3.8) is 0 Å². The smallest absolute Gasteiger partial charge is 0.230 e. The Labute approximate surface area is 76.2 Å². The van der Waals surface area contributed by atoms with Crippen LogP contribution in [-0.4, -0.2) is 10.5 Å². The summed E-state index contributed by atoms with van der Waals surface area (Å²) in [7, 11) is 1.97. The fourth-order valence-electron chi connectivity index (χ4n) is 1.52. The highest BCUT2D eigenvalue weighted by Gasteiger charge is 2.10. The summed E-state index contributed by atoms with van der Waals surface area (Å²) in [5.41, 5.74) is 2.02. The van der Waals surface area contributed by atoms with Gasteiger partial charge in [-0.3, -0.25) is 9.36 Å². The average molecular weight is 175 g/mol. The standard InChI is InChI=1S/C10H11N2O/c1-8(13)12-7-5-9-10(12)4-3-6-11(9)2/h3-7H,1-2H3/q+1. The minimum atomic E-state index is 0.0428. The topological polar surface area (TPSA) is 25.9 Å². The van der Waals surface area contributed by atoms with Crippen molar-refractivity contribution in [2.75, 3.05) is 0 Å². The second-order valence-corrected chi connectivity index (χ2v) is 3.09. The van der Waals surface area contributed by atoms with E-state index in [9.17, 15) is 4.79 Å². The molecule has 0 aromatic carbocycles. The molecule has 66 valence electrons. The van der Waals surface area contributed by atoms with Crippen LogP contribution in [0.2, 0.25) is 0 Å². The van der Waals surface area contributed by atoms with E-state index in [1.54, 1.807) is 17.7 Å². The monoisotopic (exact) mass is 175 g/mol. The van der Waals surface area contributed by atoms with Crippen LogP contribution < -0.4 is 4.57 Å². The first-order valence-corrected chi connectivity index (χ1v) is 4.17. The van der Waals surface area contributed by atoms with Crippen molar-refractivity contribution in [1.29, 1.82) is 0 Å². The van der Waals surface area contributed by atoms with E-state index in [1.807, 2.05) is 36.0 Å². The van der Waals surface area contributed by atoms with Gasteiger partial charge in [-0.15, -0.1) is 0 Å². The van der Waals surface area contributed by atoms with Gasteiger partial charge in [0.2, 0.25) is 11.4 Å². The number of carbonyl (C=O) groups is 1. The van der Waals surface area contributed by atoms with Crippen molar-refractivity contribution < 1.29 is 9.36 Å². The second-order valence-electron chi connectivity index (χ2n) is 3.09. The summed E-state index contributed by atoms with van der Waals surface area (Å²) in [6.45, 7) is 1.56. The van der Waals surface area contributed by atoms with Gasteiger partial charge >= 0.3 is 0 Å². The Kier molecular flexibility index (Phi) is 1.65. The fraction of sp³-hybridized carbons (Fsp3) is 0.200. The maximum Gasteiger partial charge on any atom is 0.230 e. The van der Waals surface area contributed by atoms with Crippen LogP contribution in [0.5, 0.6) is 0 Å². The Hall–Kier alpha value is -1.64.